The lowest BCUT2D eigenvalue weighted by molar-refractivity contribution is -0.173. The highest BCUT2D eigenvalue weighted by molar-refractivity contribution is 14.1. The summed E-state index contributed by atoms with van der Waals surface area (Å²) in [6.07, 6.45) is 2.28. The summed E-state index contributed by atoms with van der Waals surface area (Å²) >= 11 is 1.77. The molecule has 0 bridgehead atoms. The summed E-state index contributed by atoms with van der Waals surface area (Å²) in [6, 6.07) is -1.20. The first-order valence-corrected chi connectivity index (χ1v) is 14.5. The maximum atomic E-state index is 12.0. The van der Waals surface area contributed by atoms with Crippen molar-refractivity contribution in [2.75, 3.05) is 45.8 Å². The number of hydroxylamine groups is 3. The van der Waals surface area contributed by atoms with Gasteiger partial charge in [0.25, 0.3) is 5.91 Å². The number of alkyl halides is 1. The van der Waals surface area contributed by atoms with Crippen LogP contribution in [0.1, 0.15) is 83.3 Å². The van der Waals surface area contributed by atoms with Crippen LogP contribution in [0.2, 0.25) is 0 Å². The van der Waals surface area contributed by atoms with E-state index in [1.54, 1.807) is 78.3 Å². The highest BCUT2D eigenvalue weighted by atomic mass is 127. The van der Waals surface area contributed by atoms with Gasteiger partial charge >= 0.3 is 18.2 Å². The van der Waals surface area contributed by atoms with Gasteiger partial charge in [-0.15, -0.1) is 0 Å². The molecule has 41 heavy (non-hydrogen) atoms. The number of likely N-dealkylation sites (N-methyl/N-ethyl adjacent to an activating group) is 1. The van der Waals surface area contributed by atoms with Crippen LogP contribution in [0.3, 0.4) is 0 Å². The molecule has 0 aromatic heterocycles. The zero-order valence-corrected chi connectivity index (χ0v) is 28.7. The van der Waals surface area contributed by atoms with Crippen LogP contribution >= 0.6 is 22.6 Å². The normalized spacial score (nSPS) is 19.1. The number of nitrogens with zero attached hydrogens (tertiary/aromatic N) is 3. The van der Waals surface area contributed by atoms with Crippen molar-refractivity contribution < 1.29 is 46.2 Å². The second-order valence-electron chi connectivity index (χ2n) is 10.9. The molecule has 0 radical (unpaired) electrons. The highest BCUT2D eigenvalue weighted by Gasteiger charge is 2.38. The molecule has 2 atom stereocenters. The fourth-order valence-corrected chi connectivity index (χ4v) is 3.42. The smallest absolute Gasteiger partial charge is 0.411 e. The predicted octanol–water partition coefficient (Wildman–Crippen LogP) is 4.47. The summed E-state index contributed by atoms with van der Waals surface area (Å²) in [5, 5.41) is 10.0. The van der Waals surface area contributed by atoms with Gasteiger partial charge in [0.15, 0.2) is 0 Å². The lowest BCUT2D eigenvalue weighted by Crippen LogP contribution is -2.47. The molecule has 13 nitrogen and oxygen atoms in total. The molecule has 14 heteroatoms. The zero-order valence-electron chi connectivity index (χ0n) is 28.5. The maximum Gasteiger partial charge on any atom is 0.411 e. The number of aliphatic carboxylic acids is 1. The monoisotopic (exact) mass is 706 g/mol. The first-order chi connectivity index (χ1) is 19.5. The summed E-state index contributed by atoms with van der Waals surface area (Å²) in [5.74, 6) is -1.18. The molecule has 0 saturated carbocycles. The topological polar surface area (TPSA) is 147 Å². The van der Waals surface area contributed by atoms with Gasteiger partial charge in [0.05, 0.1) is 14.2 Å². The van der Waals surface area contributed by atoms with Gasteiger partial charge in [-0.2, -0.15) is 0 Å². The molecule has 242 valence electrons. The van der Waals surface area contributed by atoms with Crippen LogP contribution in [0.5, 0.6) is 0 Å². The molecule has 0 spiro atoms. The highest BCUT2D eigenvalue weighted by Crippen LogP contribution is 2.22. The number of ether oxygens (including phenoxy) is 2. The molecule has 2 aliphatic heterocycles. The van der Waals surface area contributed by atoms with E-state index in [2.05, 4.69) is 10.3 Å². The standard InChI is InChI=1S/C12H22N2O4.C10H17NO4.C3H7I.C2H7NO/c1-12(2,3)18-11(16)14-8-6-7-9(14)10(15)13(4)17-5;1-10(2,3)15-9(14)11-6-4-5-7(11)8(12)13;1-2-3-4;1-3-4-2/h9H,6-8H2,1-5H3;7H,4-6H2,1-3H3,(H,12,13);2-3H2,1H3;3H,1-2H3/t9-;7-;;/m11../s1/i;;3D2;. The van der Waals surface area contributed by atoms with Crippen molar-refractivity contribution in [3.63, 3.8) is 0 Å². The number of nitrogens with one attached hydrogen (secondary N) is 1. The number of hydrogen-bond donors (Lipinski definition) is 2. The Kier molecular flexibility index (Phi) is 18.9. The molecular formula is C27H53IN4O9. The molecule has 0 aliphatic carbocycles. The molecule has 2 heterocycles. The average molecular weight is 707 g/mol. The lowest BCUT2D eigenvalue weighted by Gasteiger charge is -2.29. The molecule has 2 fully saturated rings. The molecule has 0 aromatic rings. The molecule has 0 aromatic carbocycles. The van der Waals surface area contributed by atoms with E-state index in [0.717, 1.165) is 17.9 Å². The minimum absolute atomic E-state index is 0.221. The van der Waals surface area contributed by atoms with Crippen LogP contribution in [0.4, 0.5) is 9.59 Å². The number of amides is 3. The minimum atomic E-state index is -0.988. The third-order valence-electron chi connectivity index (χ3n) is 5.25. The van der Waals surface area contributed by atoms with Crippen LogP contribution in [0, 0.1) is 0 Å². The van der Waals surface area contributed by atoms with Gasteiger partial charge in [-0.25, -0.2) is 24.9 Å². The van der Waals surface area contributed by atoms with E-state index in [9.17, 15) is 19.2 Å². The Bertz CT molecular complexity index is 863. The molecule has 3 amide bonds. The second kappa shape index (κ2) is 20.9. The van der Waals surface area contributed by atoms with Gasteiger partial charge in [-0.3, -0.25) is 19.4 Å². The van der Waals surface area contributed by atoms with E-state index < -0.39 is 45.8 Å². The number of carboxylic acids is 1. The molecule has 2 N–H and O–H groups in total. The Hall–Kier alpha value is -1.91. The van der Waals surface area contributed by atoms with Crippen molar-refractivity contribution in [2.45, 2.75) is 104 Å². The Morgan fingerprint density at radius 2 is 1.32 bits per heavy atom. The van der Waals surface area contributed by atoms with Crippen molar-refractivity contribution in [1.29, 1.82) is 0 Å². The van der Waals surface area contributed by atoms with Crippen molar-refractivity contribution in [2.24, 2.45) is 0 Å². The van der Waals surface area contributed by atoms with E-state index in [0.29, 0.717) is 32.4 Å². The van der Waals surface area contributed by atoms with Crippen LogP contribution in [0.15, 0.2) is 0 Å². The van der Waals surface area contributed by atoms with Crippen LogP contribution in [0.25, 0.3) is 0 Å². The predicted molar refractivity (Wildman–Crippen MR) is 165 cm³/mol. The Morgan fingerprint density at radius 3 is 1.61 bits per heavy atom. The first kappa shape index (κ1) is 37.1. The van der Waals surface area contributed by atoms with Gasteiger partial charge in [0.1, 0.15) is 23.3 Å². The van der Waals surface area contributed by atoms with Crippen molar-refractivity contribution in [1.82, 2.24) is 20.3 Å². The molecular weight excluding hydrogens is 651 g/mol. The SMILES string of the molecule is CC(C)(C)OC(=O)N1CCC[C@@H]1C(=O)O.CNOC.CON(C)C(=O)[C@H]1CCCN1C(=O)OC(C)(C)C.[2H]C([2H])(I)CC. The molecule has 2 saturated heterocycles. The minimum Gasteiger partial charge on any atom is -0.480 e. The number of rotatable bonds is 5. The Labute approximate surface area is 262 Å². The molecule has 2 aliphatic rings. The molecule has 0 unspecified atom stereocenters. The zero-order chi connectivity index (χ0) is 34.2. The van der Waals surface area contributed by atoms with E-state index in [-0.39, 0.29) is 5.91 Å². The summed E-state index contributed by atoms with van der Waals surface area (Å²) in [5.41, 5.74) is 1.29. The second-order valence-corrected chi connectivity index (χ2v) is 11.7. The Morgan fingerprint density at radius 1 is 0.951 bits per heavy atom. The molecule has 2 rings (SSSR count). The number of hydrogen-bond acceptors (Lipinski definition) is 9. The van der Waals surface area contributed by atoms with Crippen molar-refractivity contribution in [3.8, 4) is 0 Å². The largest absolute Gasteiger partial charge is 0.480 e. The summed E-state index contributed by atoms with van der Waals surface area (Å²) < 4.78 is 23.1. The van der Waals surface area contributed by atoms with Gasteiger partial charge < -0.3 is 19.4 Å². The number of carboxylic acid groups (broad SMARTS) is 1. The fourth-order valence-electron chi connectivity index (χ4n) is 3.42. The lowest BCUT2D eigenvalue weighted by atomic mass is 10.2. The van der Waals surface area contributed by atoms with Gasteiger partial charge in [0, 0.05) is 29.9 Å². The quantitative estimate of drug-likeness (QED) is 0.239. The Balaban J connectivity index is 0. The number of carbonyl (C=O) groups excluding carboxylic acids is 3. The average Bonchev–Trinajstić information content (AvgIpc) is 3.57. The van der Waals surface area contributed by atoms with E-state index in [1.165, 1.54) is 24.0 Å². The maximum absolute atomic E-state index is 12.0. The summed E-state index contributed by atoms with van der Waals surface area (Å²) in [4.78, 5) is 58.3. The van der Waals surface area contributed by atoms with Gasteiger partial charge in [-0.05, 0) is 78.0 Å². The number of halogens is 1. The summed E-state index contributed by atoms with van der Waals surface area (Å²) in [7, 11) is 6.23. The first-order valence-electron chi connectivity index (χ1n) is 14.5. The third kappa shape index (κ3) is 18.3. The fraction of sp³-hybridized carbons (Fsp3) is 0.852. The van der Waals surface area contributed by atoms with Crippen molar-refractivity contribution >= 4 is 46.7 Å². The van der Waals surface area contributed by atoms with Gasteiger partial charge in [0.2, 0.25) is 0 Å². The summed E-state index contributed by atoms with van der Waals surface area (Å²) in [6.45, 7) is 13.5. The third-order valence-corrected chi connectivity index (χ3v) is 6.02. The van der Waals surface area contributed by atoms with E-state index in [1.807, 2.05) is 6.92 Å². The number of likely N-dealkylation sites (tertiary alicyclic amines) is 2. The van der Waals surface area contributed by atoms with Gasteiger partial charge in [-0.1, -0.05) is 29.5 Å². The van der Waals surface area contributed by atoms with Crippen molar-refractivity contribution in [3.05, 3.63) is 0 Å². The van der Waals surface area contributed by atoms with E-state index in [4.69, 9.17) is 22.2 Å². The van der Waals surface area contributed by atoms with Crippen LogP contribution in [-0.4, -0.2) is 113 Å². The van der Waals surface area contributed by atoms with Crippen LogP contribution in [-0.2, 0) is 28.7 Å². The van der Waals surface area contributed by atoms with Crippen LogP contribution < -0.4 is 5.48 Å². The van der Waals surface area contributed by atoms with E-state index >= 15 is 0 Å². The number of carbonyl (C=O) groups is 4.